The molecule has 12 atom stereocenters. The van der Waals surface area contributed by atoms with Crippen LogP contribution in [0.2, 0.25) is 0 Å². The molecule has 2 aromatic heterocycles. The monoisotopic (exact) mass is 799 g/mol. The average Bonchev–Trinajstić information content (AvgIpc) is 3.64. The van der Waals surface area contributed by atoms with Crippen LogP contribution in [0.25, 0.3) is 11.3 Å². The summed E-state index contributed by atoms with van der Waals surface area (Å²) in [5.41, 5.74) is -1.74. The Morgan fingerprint density at radius 3 is 2.46 bits per heavy atom. The van der Waals surface area contributed by atoms with Crippen molar-refractivity contribution in [2.24, 2.45) is 17.8 Å². The number of hydrogen-bond donors (Lipinski definition) is 1. The number of pyridine rings is 1. The van der Waals surface area contributed by atoms with Crippen LogP contribution in [0.15, 0.2) is 37.0 Å². The molecule has 0 unspecified atom stereocenters. The highest BCUT2D eigenvalue weighted by molar-refractivity contribution is 6.00. The van der Waals surface area contributed by atoms with Gasteiger partial charge in [-0.3, -0.25) is 19.4 Å². The first-order valence-electron chi connectivity index (χ1n) is 21.2. The number of rotatable bonds is 11. The van der Waals surface area contributed by atoms with E-state index in [0.29, 0.717) is 37.1 Å². The Kier molecular flexibility index (Phi) is 13.4. The van der Waals surface area contributed by atoms with Crippen LogP contribution in [0.5, 0.6) is 0 Å². The molecule has 5 rings (SSSR count). The molecular formula is C42H63N5O10. The van der Waals surface area contributed by atoms with Crippen molar-refractivity contribution in [1.82, 2.24) is 24.3 Å². The third-order valence-corrected chi connectivity index (χ3v) is 12.4. The van der Waals surface area contributed by atoms with Crippen molar-refractivity contribution in [3.63, 3.8) is 0 Å². The zero-order valence-electron chi connectivity index (χ0n) is 37.1. The number of Topliss-reactive ketones (excluding diaryl/α,β-unsaturated/α-hetero) is 2. The molecule has 0 aliphatic carbocycles. The van der Waals surface area contributed by atoms with E-state index in [2.05, 4.69) is 9.97 Å². The Bertz CT molecular complexity index is 1820. The third-order valence-electron chi connectivity index (χ3n) is 12.4. The molecule has 0 spiro atoms. The fourth-order valence-corrected chi connectivity index (χ4v) is 8.79. The lowest BCUT2D eigenvalue weighted by atomic mass is 9.76. The second-order valence-corrected chi connectivity index (χ2v) is 16.6. The van der Waals surface area contributed by atoms with Crippen molar-refractivity contribution in [3.8, 4) is 11.3 Å². The summed E-state index contributed by atoms with van der Waals surface area (Å²) in [4.78, 5) is 68.2. The van der Waals surface area contributed by atoms with Crippen LogP contribution in [0, 0.1) is 17.8 Å². The molecule has 316 valence electrons. The Hall–Kier alpha value is -3.76. The van der Waals surface area contributed by atoms with Gasteiger partial charge in [0.1, 0.15) is 25.3 Å². The van der Waals surface area contributed by atoms with Crippen molar-refractivity contribution in [1.29, 1.82) is 0 Å². The Balaban J connectivity index is 1.42. The minimum absolute atomic E-state index is 0.0176. The molecule has 0 bridgehead atoms. The predicted octanol–water partition coefficient (Wildman–Crippen LogP) is 4.68. The number of fused-ring (bicyclic) bond motifs is 1. The maximum Gasteiger partial charge on any atom is 0.410 e. The first kappa shape index (κ1) is 41.4. The number of cyclic esters (lactones) is 1. The number of hydrogen-bond acceptors (Lipinski definition) is 13. The highest BCUT2D eigenvalue weighted by Crippen LogP contribution is 2.42. The molecule has 57 heavy (non-hydrogen) atoms. The van der Waals surface area contributed by atoms with Gasteiger partial charge in [0.15, 0.2) is 17.7 Å². The molecule has 0 aromatic carbocycles. The number of ketones is 2. The average molecular weight is 800 g/mol. The molecule has 2 aromatic rings. The number of imidazole rings is 1. The van der Waals surface area contributed by atoms with Crippen LogP contribution in [0.4, 0.5) is 4.79 Å². The number of aliphatic hydroxyl groups excluding tert-OH is 1. The van der Waals surface area contributed by atoms with E-state index >= 15 is 0 Å². The van der Waals surface area contributed by atoms with Crippen LogP contribution in [0.1, 0.15) is 89.7 Å². The number of aromatic nitrogens is 3. The quantitative estimate of drug-likeness (QED) is 0.189. The van der Waals surface area contributed by atoms with Gasteiger partial charge >= 0.3 is 12.1 Å². The molecule has 0 radical (unpaired) electrons. The maximum atomic E-state index is 14.4. The molecule has 0 saturated carbocycles. The minimum atomic E-state index is -1.45. The zero-order valence-corrected chi connectivity index (χ0v) is 35.1. The van der Waals surface area contributed by atoms with Gasteiger partial charge in [-0.25, -0.2) is 9.78 Å². The molecule has 15 heteroatoms. The summed E-state index contributed by atoms with van der Waals surface area (Å²) in [6.45, 7) is 12.4. The number of methoxy groups -OCH3 is 1. The molecule has 3 aliphatic rings. The molecule has 15 nitrogen and oxygen atoms in total. The van der Waals surface area contributed by atoms with Gasteiger partial charge < -0.3 is 43.2 Å². The van der Waals surface area contributed by atoms with Crippen molar-refractivity contribution in [2.45, 2.75) is 148 Å². The van der Waals surface area contributed by atoms with Crippen LogP contribution in [-0.4, -0.2) is 135 Å². The highest BCUT2D eigenvalue weighted by atomic mass is 16.7. The molecule has 3 aliphatic heterocycles. The molecule has 1 amide bonds. The van der Waals surface area contributed by atoms with E-state index < -0.39 is 77.4 Å². The fourth-order valence-electron chi connectivity index (χ4n) is 8.79. The van der Waals surface area contributed by atoms with E-state index in [1.165, 1.54) is 23.5 Å². The van der Waals surface area contributed by atoms with Gasteiger partial charge in [-0.15, -0.1) is 0 Å². The summed E-state index contributed by atoms with van der Waals surface area (Å²) in [6, 6.07) is 2.37. The standard InChI is InChI=1S/C42H63N5O10/c1-11-33-42(7)36(47(40(52)57-42)20-13-12-19-46-23-30(44-24-46)29-15-14-18-43-22-29)26(3)32(48)16-17-41(6,53-10)37(27(4)34(49)28(5)38(51)55-33)56-39-35(50)31(45(8)9)21-25(2)54-39/h14-15,18,22-28,31,33,35-37,39,50H,11-13,16-17,19-21H2,1-10H3/t25-,26+,27+,28-,31+,33-,35-,36-,37-,39+,41-,42-/m1/s1/i23D,24D. The molecule has 1 N–H and O–H groups in total. The van der Waals surface area contributed by atoms with Gasteiger partial charge in [-0.05, 0) is 86.0 Å². The van der Waals surface area contributed by atoms with Gasteiger partial charge in [0.05, 0.1) is 37.2 Å². The SMILES string of the molecule is [2H]c1nc(-c2cccnc2)c([2H])n1CCCCN1C(=O)O[C@]2(C)[C@@H](CC)OC(=O)[C@H](C)C(=O)[C@H](C)[C@@H](O[C@@H]3O[C@H](C)C[C@H](N(C)C)[C@H]3O)[C@](C)(OC)CCC(=O)[C@H](C)[C@@H]12. The zero-order chi connectivity index (χ0) is 43.6. The van der Waals surface area contributed by atoms with E-state index in [9.17, 15) is 24.3 Å². The normalized spacial score (nSPS) is 36.3. The van der Waals surface area contributed by atoms with Gasteiger partial charge in [0, 0.05) is 68.6 Å². The summed E-state index contributed by atoms with van der Waals surface area (Å²) < 4.78 is 49.5. The van der Waals surface area contributed by atoms with Gasteiger partial charge in [0.2, 0.25) is 0 Å². The number of carbonyl (C=O) groups excluding carboxylic acids is 4. The number of carbonyl (C=O) groups is 4. The lowest BCUT2D eigenvalue weighted by Gasteiger charge is -2.46. The highest BCUT2D eigenvalue weighted by Gasteiger charge is 2.59. The fraction of sp³-hybridized carbons (Fsp3) is 0.714. The number of nitrogens with zero attached hydrogens (tertiary/aromatic N) is 5. The molecular weight excluding hydrogens is 734 g/mol. The van der Waals surface area contributed by atoms with Crippen molar-refractivity contribution in [3.05, 3.63) is 37.0 Å². The first-order valence-corrected chi connectivity index (χ1v) is 20.2. The summed E-state index contributed by atoms with van der Waals surface area (Å²) in [5.74, 6) is -4.50. The smallest absolute Gasteiger partial charge is 0.410 e. The number of aliphatic hydroxyl groups is 1. The Labute approximate surface area is 339 Å². The lowest BCUT2D eigenvalue weighted by molar-refractivity contribution is -0.294. The Morgan fingerprint density at radius 1 is 1.09 bits per heavy atom. The van der Waals surface area contributed by atoms with Gasteiger partial charge in [0.25, 0.3) is 0 Å². The lowest BCUT2D eigenvalue weighted by Crippen LogP contribution is -2.59. The summed E-state index contributed by atoms with van der Waals surface area (Å²) >= 11 is 0. The van der Waals surface area contributed by atoms with Crippen LogP contribution >= 0.6 is 0 Å². The molecule has 3 fully saturated rings. The maximum absolute atomic E-state index is 14.4. The summed E-state index contributed by atoms with van der Waals surface area (Å²) in [7, 11) is 5.19. The number of amides is 1. The second-order valence-electron chi connectivity index (χ2n) is 16.6. The topological polar surface area (TPSA) is 172 Å². The summed E-state index contributed by atoms with van der Waals surface area (Å²) in [5, 5.41) is 11.4. The first-order chi connectivity index (χ1) is 27.8. The van der Waals surface area contributed by atoms with Crippen molar-refractivity contribution >= 4 is 23.6 Å². The number of unbranched alkanes of at least 4 members (excludes halogenated alkanes) is 1. The van der Waals surface area contributed by atoms with Crippen molar-refractivity contribution in [2.75, 3.05) is 27.7 Å². The van der Waals surface area contributed by atoms with Gasteiger partial charge in [-0.2, -0.15) is 0 Å². The number of esters is 1. The summed E-state index contributed by atoms with van der Waals surface area (Å²) in [6.07, 6.45) is -0.171. The van der Waals surface area contributed by atoms with E-state index in [4.69, 9.17) is 26.4 Å². The van der Waals surface area contributed by atoms with Gasteiger partial charge in [-0.1, -0.05) is 20.8 Å². The minimum Gasteiger partial charge on any atom is -0.458 e. The molecule has 3 saturated heterocycles. The van der Waals surface area contributed by atoms with Crippen molar-refractivity contribution < 1.29 is 50.7 Å². The molecule has 5 heterocycles. The van der Waals surface area contributed by atoms with E-state index in [-0.39, 0.29) is 56.2 Å². The van der Waals surface area contributed by atoms with Crippen LogP contribution < -0.4 is 0 Å². The third kappa shape index (κ3) is 9.43. The number of likely N-dealkylation sites (N-methyl/N-ethyl adjacent to an activating group) is 1. The second kappa shape index (κ2) is 18.4. The Morgan fingerprint density at radius 2 is 1.81 bits per heavy atom. The van der Waals surface area contributed by atoms with E-state index in [1.807, 2.05) is 25.9 Å². The van der Waals surface area contributed by atoms with Crippen LogP contribution in [0.3, 0.4) is 0 Å². The number of ether oxygens (including phenoxy) is 5. The van der Waals surface area contributed by atoms with Crippen LogP contribution in [-0.2, 0) is 44.6 Å². The predicted molar refractivity (Wildman–Crippen MR) is 210 cm³/mol. The largest absolute Gasteiger partial charge is 0.458 e. The van der Waals surface area contributed by atoms with E-state index in [0.717, 1.165) is 0 Å². The van der Waals surface area contributed by atoms with E-state index in [1.54, 1.807) is 59.1 Å².